The van der Waals surface area contributed by atoms with Crippen LogP contribution in [-0.2, 0) is 0 Å². The molecule has 0 N–H and O–H groups in total. The molecule has 0 atom stereocenters. The van der Waals surface area contributed by atoms with Crippen molar-refractivity contribution in [3.8, 4) is 0 Å². The molecule has 0 radical (unpaired) electrons. The van der Waals surface area contributed by atoms with Crippen molar-refractivity contribution in [1.82, 2.24) is 4.98 Å². The molecular weight excluding hydrogens is 471 g/mol. The van der Waals surface area contributed by atoms with Gasteiger partial charge in [-0.05, 0) is 60.9 Å². The Hall–Kier alpha value is -3.94. The average Bonchev–Trinajstić information content (AvgIpc) is 3.66. The fourth-order valence-corrected chi connectivity index (χ4v) is 9.44. The lowest BCUT2D eigenvalue weighted by molar-refractivity contribution is 0.539. The van der Waals surface area contributed by atoms with Crippen LogP contribution in [0.4, 0.5) is 5.88 Å². The highest BCUT2D eigenvalue weighted by Gasteiger charge is 2.53. The minimum atomic E-state index is -2.35. The molecule has 5 aromatic rings. The molecule has 0 unspecified atom stereocenters. The SMILES string of the molecule is C(=C/c1nc([P+](c2ccccc2)(c2ccccc2)c2ccccc2)c(N2CCCC2)o1)/c1ccccc1. The molecule has 6 rings (SSSR count). The Morgan fingerprint density at radius 2 is 1.05 bits per heavy atom. The Bertz CT molecular complexity index is 1360. The van der Waals surface area contributed by atoms with Crippen LogP contribution in [0.3, 0.4) is 0 Å². The van der Waals surface area contributed by atoms with Crippen LogP contribution < -0.4 is 26.2 Å². The van der Waals surface area contributed by atoms with E-state index in [1.807, 2.05) is 24.3 Å². The van der Waals surface area contributed by atoms with Crippen molar-refractivity contribution in [2.45, 2.75) is 12.8 Å². The van der Waals surface area contributed by atoms with E-state index in [2.05, 4.69) is 114 Å². The Kier molecular flexibility index (Phi) is 6.71. The van der Waals surface area contributed by atoms with Crippen LogP contribution >= 0.6 is 7.26 Å². The smallest absolute Gasteiger partial charge is 0.262 e. The van der Waals surface area contributed by atoms with E-state index in [0.717, 1.165) is 30.0 Å². The Morgan fingerprint density at radius 1 is 0.595 bits per heavy atom. The molecule has 182 valence electrons. The summed E-state index contributed by atoms with van der Waals surface area (Å²) in [5, 5.41) is 3.83. The summed E-state index contributed by atoms with van der Waals surface area (Å²) in [6.07, 6.45) is 6.43. The molecule has 4 heteroatoms. The second-order valence-corrected chi connectivity index (χ2v) is 12.6. The summed E-state index contributed by atoms with van der Waals surface area (Å²) in [7, 11) is -2.35. The molecule has 1 fully saturated rings. The molecule has 1 aromatic heterocycles. The maximum absolute atomic E-state index is 6.65. The van der Waals surface area contributed by atoms with Gasteiger partial charge in [0.05, 0.1) is 0 Å². The number of benzene rings is 4. The quantitative estimate of drug-likeness (QED) is 0.254. The highest BCUT2D eigenvalue weighted by Crippen LogP contribution is 2.56. The normalized spacial score (nSPS) is 13.9. The first-order valence-electron chi connectivity index (χ1n) is 12.9. The van der Waals surface area contributed by atoms with Crippen molar-refractivity contribution in [2.75, 3.05) is 18.0 Å². The van der Waals surface area contributed by atoms with Gasteiger partial charge < -0.3 is 9.32 Å². The molecule has 1 saturated heterocycles. The predicted octanol–water partition coefficient (Wildman–Crippen LogP) is 6.06. The van der Waals surface area contributed by atoms with Gasteiger partial charge in [-0.3, -0.25) is 0 Å². The minimum Gasteiger partial charge on any atom is -0.417 e. The van der Waals surface area contributed by atoms with E-state index >= 15 is 0 Å². The zero-order chi connectivity index (χ0) is 24.9. The first-order chi connectivity index (χ1) is 18.4. The van der Waals surface area contributed by atoms with E-state index < -0.39 is 7.26 Å². The van der Waals surface area contributed by atoms with Crippen molar-refractivity contribution in [3.05, 3.63) is 133 Å². The Morgan fingerprint density at radius 3 is 1.54 bits per heavy atom. The van der Waals surface area contributed by atoms with E-state index in [1.54, 1.807) is 0 Å². The van der Waals surface area contributed by atoms with Crippen molar-refractivity contribution >= 4 is 46.6 Å². The Labute approximate surface area is 219 Å². The summed E-state index contributed by atoms with van der Waals surface area (Å²) in [4.78, 5) is 7.72. The van der Waals surface area contributed by atoms with Crippen LogP contribution in [0.2, 0.25) is 0 Å². The van der Waals surface area contributed by atoms with Gasteiger partial charge in [-0.1, -0.05) is 84.9 Å². The molecule has 1 aliphatic heterocycles. The fraction of sp³-hybridized carbons (Fsp3) is 0.121. The lowest BCUT2D eigenvalue weighted by Gasteiger charge is -2.27. The van der Waals surface area contributed by atoms with Gasteiger partial charge in [0, 0.05) is 19.2 Å². The second-order valence-electron chi connectivity index (χ2n) is 9.30. The van der Waals surface area contributed by atoms with Crippen LogP contribution in [0.25, 0.3) is 12.2 Å². The topological polar surface area (TPSA) is 29.3 Å². The van der Waals surface area contributed by atoms with Gasteiger partial charge in [-0.2, -0.15) is 4.98 Å². The average molecular weight is 502 g/mol. The van der Waals surface area contributed by atoms with Crippen LogP contribution in [0.15, 0.2) is 126 Å². The second kappa shape index (κ2) is 10.6. The number of hydrogen-bond acceptors (Lipinski definition) is 3. The number of nitrogens with zero attached hydrogens (tertiary/aromatic N) is 2. The van der Waals surface area contributed by atoms with Crippen molar-refractivity contribution < 1.29 is 4.42 Å². The molecule has 0 aliphatic carbocycles. The molecule has 0 bridgehead atoms. The van der Waals surface area contributed by atoms with Crippen molar-refractivity contribution in [2.24, 2.45) is 0 Å². The van der Waals surface area contributed by atoms with Crippen molar-refractivity contribution in [1.29, 1.82) is 0 Å². The van der Waals surface area contributed by atoms with Gasteiger partial charge in [0.15, 0.2) is 7.26 Å². The molecule has 0 spiro atoms. The third-order valence-electron chi connectivity index (χ3n) is 6.97. The molecular formula is C33H30N2OP+. The fourth-order valence-electron chi connectivity index (χ4n) is 5.24. The third kappa shape index (κ3) is 4.52. The summed E-state index contributed by atoms with van der Waals surface area (Å²) in [6.45, 7) is 1.98. The molecule has 2 heterocycles. The first-order valence-corrected chi connectivity index (χ1v) is 14.7. The standard InChI is InChI=1S/C33H30N2OP/c1-5-15-27(16-6-1)23-24-31-34-32(33(36-31)35-25-13-14-26-35)37(28-17-7-2-8-18-28,29-19-9-3-10-20-29)30-21-11-4-12-22-30/h1-12,15-24H,13-14,25-26H2/q+1/b24-23-. The van der Waals surface area contributed by atoms with E-state index in [9.17, 15) is 0 Å². The van der Waals surface area contributed by atoms with Gasteiger partial charge in [0.1, 0.15) is 15.9 Å². The van der Waals surface area contributed by atoms with Gasteiger partial charge in [0.2, 0.25) is 5.89 Å². The predicted molar refractivity (Wildman–Crippen MR) is 158 cm³/mol. The first kappa shape index (κ1) is 23.5. The zero-order valence-electron chi connectivity index (χ0n) is 20.8. The van der Waals surface area contributed by atoms with E-state index in [1.165, 1.54) is 28.8 Å². The number of hydrogen-bond donors (Lipinski definition) is 0. The zero-order valence-corrected chi connectivity index (χ0v) is 21.7. The van der Waals surface area contributed by atoms with Gasteiger partial charge in [-0.25, -0.2) is 0 Å². The number of oxazole rings is 1. The highest BCUT2D eigenvalue weighted by molar-refractivity contribution is 8.01. The minimum absolute atomic E-state index is 0.646. The maximum atomic E-state index is 6.65. The lowest BCUT2D eigenvalue weighted by Crippen LogP contribution is -2.41. The Balaban J connectivity index is 1.64. The molecule has 37 heavy (non-hydrogen) atoms. The maximum Gasteiger partial charge on any atom is 0.262 e. The summed E-state index contributed by atoms with van der Waals surface area (Å²) in [6, 6.07) is 43.0. The van der Waals surface area contributed by atoms with Crippen LogP contribution in [0.1, 0.15) is 24.3 Å². The van der Waals surface area contributed by atoms with E-state index in [4.69, 9.17) is 9.40 Å². The van der Waals surface area contributed by atoms with Gasteiger partial charge >= 0.3 is 0 Å². The third-order valence-corrected chi connectivity index (χ3v) is 11.1. The van der Waals surface area contributed by atoms with Crippen LogP contribution in [-0.4, -0.2) is 18.1 Å². The number of anilines is 1. The molecule has 0 saturated carbocycles. The van der Waals surface area contributed by atoms with E-state index in [0.29, 0.717) is 5.89 Å². The summed E-state index contributed by atoms with van der Waals surface area (Å²) in [5.74, 6) is 1.56. The molecule has 3 nitrogen and oxygen atoms in total. The van der Waals surface area contributed by atoms with Gasteiger partial charge in [0.25, 0.3) is 11.3 Å². The van der Waals surface area contributed by atoms with Gasteiger partial charge in [-0.15, -0.1) is 0 Å². The van der Waals surface area contributed by atoms with E-state index in [-0.39, 0.29) is 0 Å². The lowest BCUT2D eigenvalue weighted by atomic mass is 10.2. The largest absolute Gasteiger partial charge is 0.417 e. The molecule has 0 amide bonds. The highest BCUT2D eigenvalue weighted by atomic mass is 31.2. The van der Waals surface area contributed by atoms with Crippen molar-refractivity contribution in [3.63, 3.8) is 0 Å². The number of rotatable bonds is 7. The summed E-state index contributed by atoms with van der Waals surface area (Å²) in [5.41, 5.74) is 2.17. The monoisotopic (exact) mass is 501 g/mol. The molecule has 4 aromatic carbocycles. The number of aromatic nitrogens is 1. The summed E-state index contributed by atoms with van der Waals surface area (Å²) >= 11 is 0. The van der Waals surface area contributed by atoms with Crippen LogP contribution in [0.5, 0.6) is 0 Å². The van der Waals surface area contributed by atoms with Crippen LogP contribution in [0, 0.1) is 0 Å². The molecule has 1 aliphatic rings. The summed E-state index contributed by atoms with van der Waals surface area (Å²) < 4.78 is 6.65.